The van der Waals surface area contributed by atoms with Crippen LogP contribution in [0, 0.1) is 11.3 Å². The fraction of sp³-hybridized carbons (Fsp3) is 0.421. The van der Waals surface area contributed by atoms with Gasteiger partial charge in [-0.25, -0.2) is 0 Å². The van der Waals surface area contributed by atoms with Gasteiger partial charge in [0.05, 0.1) is 6.42 Å². The maximum absolute atomic E-state index is 12.0. The summed E-state index contributed by atoms with van der Waals surface area (Å²) < 4.78 is 0. The summed E-state index contributed by atoms with van der Waals surface area (Å²) in [5, 5.41) is 19.1. The van der Waals surface area contributed by atoms with Crippen molar-refractivity contribution in [2.45, 2.75) is 45.1 Å². The summed E-state index contributed by atoms with van der Waals surface area (Å²) in [6.45, 7) is 5.50. The molecule has 0 fully saturated rings. The van der Waals surface area contributed by atoms with E-state index in [1.165, 1.54) is 0 Å². The zero-order valence-electron chi connectivity index (χ0n) is 14.6. The number of amidine groups is 1. The van der Waals surface area contributed by atoms with Gasteiger partial charge < -0.3 is 16.2 Å². The minimum absolute atomic E-state index is 0.0490. The third-order valence-electron chi connectivity index (χ3n) is 4.13. The highest BCUT2D eigenvalue weighted by molar-refractivity contribution is 5.94. The lowest BCUT2D eigenvalue weighted by Crippen LogP contribution is -2.40. The van der Waals surface area contributed by atoms with E-state index >= 15 is 0 Å². The first-order valence-corrected chi connectivity index (χ1v) is 8.40. The van der Waals surface area contributed by atoms with E-state index in [9.17, 15) is 9.59 Å². The summed E-state index contributed by atoms with van der Waals surface area (Å²) in [6.07, 6.45) is 4.33. The van der Waals surface area contributed by atoms with E-state index in [1.807, 2.05) is 31.2 Å². The van der Waals surface area contributed by atoms with Gasteiger partial charge in [0.15, 0.2) is 0 Å². The number of carbonyl (C=O) groups excluding carboxylic acids is 1. The summed E-state index contributed by atoms with van der Waals surface area (Å²) in [5.41, 5.74) is 7.25. The Labute approximate surface area is 148 Å². The molecule has 1 aromatic rings. The van der Waals surface area contributed by atoms with Crippen molar-refractivity contribution < 1.29 is 14.7 Å². The van der Waals surface area contributed by atoms with Crippen LogP contribution in [-0.4, -0.2) is 28.9 Å². The highest BCUT2D eigenvalue weighted by Gasteiger charge is 2.20. The maximum Gasteiger partial charge on any atom is 0.305 e. The lowest BCUT2D eigenvalue weighted by Gasteiger charge is -2.21. The lowest BCUT2D eigenvalue weighted by molar-refractivity contribution is -0.138. The molecule has 0 bridgehead atoms. The molecular weight excluding hydrogens is 318 g/mol. The van der Waals surface area contributed by atoms with Gasteiger partial charge in [0.2, 0.25) is 5.91 Å². The number of aryl methyl sites for hydroxylation is 1. The molecule has 6 nitrogen and oxygen atoms in total. The zero-order chi connectivity index (χ0) is 18.8. The quantitative estimate of drug-likeness (QED) is 0.213. The molecule has 2 atom stereocenters. The smallest absolute Gasteiger partial charge is 0.305 e. The average Bonchev–Trinajstić information content (AvgIpc) is 2.57. The molecule has 0 saturated heterocycles. The number of amides is 1. The van der Waals surface area contributed by atoms with Crippen molar-refractivity contribution in [3.8, 4) is 0 Å². The molecule has 0 heterocycles. The molecule has 1 amide bonds. The van der Waals surface area contributed by atoms with Crippen LogP contribution in [0.4, 0.5) is 0 Å². The van der Waals surface area contributed by atoms with Crippen LogP contribution in [-0.2, 0) is 16.0 Å². The summed E-state index contributed by atoms with van der Waals surface area (Å²) in [5.74, 6) is -1.12. The number of carboxylic acid groups (broad SMARTS) is 1. The number of carbonyl (C=O) groups is 2. The van der Waals surface area contributed by atoms with Gasteiger partial charge >= 0.3 is 5.97 Å². The van der Waals surface area contributed by atoms with Crippen LogP contribution >= 0.6 is 0 Å². The fourth-order valence-corrected chi connectivity index (χ4v) is 2.47. The third-order valence-corrected chi connectivity index (χ3v) is 4.13. The molecule has 0 radical (unpaired) electrons. The molecule has 25 heavy (non-hydrogen) atoms. The first kappa shape index (κ1) is 20.4. The molecule has 0 spiro atoms. The molecule has 5 N–H and O–H groups in total. The third kappa shape index (κ3) is 7.65. The standard InChI is InChI=1S/C19H27N3O3/c1-3-13(2)16(12-18(24)25)22-17(23)7-5-4-6-14-8-10-15(11-9-14)19(20)21/h3,8-11,13,16H,1,4-7,12H2,2H3,(H3,20,21)(H,22,23)(H,24,25)/t13?,16-/m0/s1. The van der Waals surface area contributed by atoms with E-state index in [2.05, 4.69) is 11.9 Å². The number of nitrogens with two attached hydrogens (primary N) is 1. The van der Waals surface area contributed by atoms with Crippen LogP contribution in [0.5, 0.6) is 0 Å². The summed E-state index contributed by atoms with van der Waals surface area (Å²) >= 11 is 0. The Morgan fingerprint density at radius 3 is 2.48 bits per heavy atom. The van der Waals surface area contributed by atoms with Gasteiger partial charge in [-0.1, -0.05) is 37.3 Å². The first-order valence-electron chi connectivity index (χ1n) is 8.40. The second-order valence-electron chi connectivity index (χ2n) is 6.18. The van der Waals surface area contributed by atoms with Crippen molar-refractivity contribution in [2.75, 3.05) is 0 Å². The molecule has 136 valence electrons. The minimum Gasteiger partial charge on any atom is -0.481 e. The van der Waals surface area contributed by atoms with Gasteiger partial charge in [0, 0.05) is 18.0 Å². The Kier molecular flexibility index (Phi) is 8.39. The Morgan fingerprint density at radius 1 is 1.32 bits per heavy atom. The Morgan fingerprint density at radius 2 is 1.96 bits per heavy atom. The number of hydrogen-bond acceptors (Lipinski definition) is 3. The average molecular weight is 345 g/mol. The molecule has 0 aliphatic carbocycles. The van der Waals surface area contributed by atoms with E-state index in [4.69, 9.17) is 16.2 Å². The summed E-state index contributed by atoms with van der Waals surface area (Å²) in [7, 11) is 0. The SMILES string of the molecule is C=CC(C)[C@H](CC(=O)O)NC(=O)CCCCc1ccc(C(=N)N)cc1. The molecule has 6 heteroatoms. The number of unbranched alkanes of at least 4 members (excludes halogenated alkanes) is 1. The van der Waals surface area contributed by atoms with Gasteiger partial charge in [-0.05, 0) is 30.7 Å². The van der Waals surface area contributed by atoms with E-state index < -0.39 is 12.0 Å². The predicted octanol–water partition coefficient (Wildman–Crippen LogP) is 2.47. The minimum atomic E-state index is -0.937. The van der Waals surface area contributed by atoms with Crippen LogP contribution in [0.2, 0.25) is 0 Å². The number of benzene rings is 1. The molecule has 0 aliphatic rings. The highest BCUT2D eigenvalue weighted by Crippen LogP contribution is 2.11. The van der Waals surface area contributed by atoms with Crippen LogP contribution in [0.3, 0.4) is 0 Å². The Balaban J connectivity index is 2.36. The summed E-state index contributed by atoms with van der Waals surface area (Å²) in [4.78, 5) is 22.9. The summed E-state index contributed by atoms with van der Waals surface area (Å²) in [6, 6.07) is 7.08. The number of carboxylic acids is 1. The second kappa shape index (κ2) is 10.3. The van der Waals surface area contributed by atoms with Crippen LogP contribution in [0.25, 0.3) is 0 Å². The zero-order valence-corrected chi connectivity index (χ0v) is 14.6. The van der Waals surface area contributed by atoms with Gasteiger partial charge in [0.25, 0.3) is 0 Å². The largest absolute Gasteiger partial charge is 0.481 e. The second-order valence-corrected chi connectivity index (χ2v) is 6.18. The Hall–Kier alpha value is -2.63. The van der Waals surface area contributed by atoms with Crippen LogP contribution < -0.4 is 11.1 Å². The molecule has 1 unspecified atom stereocenters. The van der Waals surface area contributed by atoms with Crippen molar-refractivity contribution in [1.29, 1.82) is 5.41 Å². The fourth-order valence-electron chi connectivity index (χ4n) is 2.47. The molecule has 0 saturated carbocycles. The van der Waals surface area contributed by atoms with Crippen LogP contribution in [0.1, 0.15) is 43.7 Å². The Bertz CT molecular complexity index is 611. The molecule has 0 aromatic heterocycles. The normalized spacial score (nSPS) is 12.8. The number of nitrogens with one attached hydrogen (secondary N) is 2. The van der Waals surface area contributed by atoms with Gasteiger partial charge in [0.1, 0.15) is 5.84 Å². The van der Waals surface area contributed by atoms with Gasteiger partial charge in [-0.2, -0.15) is 0 Å². The van der Waals surface area contributed by atoms with Gasteiger partial charge in [-0.15, -0.1) is 6.58 Å². The monoisotopic (exact) mass is 345 g/mol. The van der Waals surface area contributed by atoms with E-state index in [0.717, 1.165) is 24.8 Å². The number of rotatable bonds is 11. The first-order chi connectivity index (χ1) is 11.8. The maximum atomic E-state index is 12.0. The predicted molar refractivity (Wildman–Crippen MR) is 98.6 cm³/mol. The van der Waals surface area contributed by atoms with Crippen molar-refractivity contribution in [1.82, 2.24) is 5.32 Å². The van der Waals surface area contributed by atoms with Crippen molar-refractivity contribution in [3.63, 3.8) is 0 Å². The molecule has 1 rings (SSSR count). The van der Waals surface area contributed by atoms with Crippen molar-refractivity contribution in [3.05, 3.63) is 48.0 Å². The van der Waals surface area contributed by atoms with E-state index in [1.54, 1.807) is 6.08 Å². The molecule has 1 aromatic carbocycles. The highest BCUT2D eigenvalue weighted by atomic mass is 16.4. The van der Waals surface area contributed by atoms with E-state index in [0.29, 0.717) is 12.0 Å². The number of nitrogen functional groups attached to an aromatic ring is 1. The van der Waals surface area contributed by atoms with Crippen molar-refractivity contribution in [2.24, 2.45) is 11.7 Å². The van der Waals surface area contributed by atoms with Crippen molar-refractivity contribution >= 4 is 17.7 Å². The number of hydrogen-bond donors (Lipinski definition) is 4. The van der Waals surface area contributed by atoms with Gasteiger partial charge in [-0.3, -0.25) is 15.0 Å². The topological polar surface area (TPSA) is 116 Å². The van der Waals surface area contributed by atoms with E-state index in [-0.39, 0.29) is 24.1 Å². The lowest BCUT2D eigenvalue weighted by atomic mass is 9.98. The molecule has 0 aliphatic heterocycles. The van der Waals surface area contributed by atoms with Crippen LogP contribution in [0.15, 0.2) is 36.9 Å². The molecular formula is C19H27N3O3. The number of aliphatic carboxylic acids is 1.